The number of ether oxygens (including phenoxy) is 1. The molecule has 0 saturated carbocycles. The topological polar surface area (TPSA) is 61.3 Å². The number of hydrogen-bond acceptors (Lipinski definition) is 4. The Morgan fingerprint density at radius 1 is 1.31 bits per heavy atom. The number of nitrogens with two attached hydrogens (primary N) is 2. The minimum absolute atomic E-state index is 0.145. The Hall–Kier alpha value is -0.580. The predicted octanol–water partition coefficient (Wildman–Crippen LogP) is 2.38. The molecule has 0 fully saturated rings. The molecule has 0 aliphatic carbocycles. The van der Waals surface area contributed by atoms with E-state index in [4.69, 9.17) is 16.2 Å². The molecule has 1 aromatic rings. The first-order valence-corrected chi connectivity index (χ1v) is 6.39. The Morgan fingerprint density at radius 2 is 1.94 bits per heavy atom. The van der Waals surface area contributed by atoms with Gasteiger partial charge in [0, 0.05) is 23.4 Å². The summed E-state index contributed by atoms with van der Waals surface area (Å²) in [4.78, 5) is 1.24. The fourth-order valence-electron chi connectivity index (χ4n) is 2.61. The molecule has 0 aromatic carbocycles. The molecule has 0 amide bonds. The van der Waals surface area contributed by atoms with E-state index >= 15 is 0 Å². The average molecular weight is 240 g/mol. The summed E-state index contributed by atoms with van der Waals surface area (Å²) in [5, 5.41) is 0.849. The monoisotopic (exact) mass is 240 g/mol. The van der Waals surface area contributed by atoms with Gasteiger partial charge in [0.15, 0.2) is 0 Å². The fourth-order valence-corrected chi connectivity index (χ4v) is 3.77. The van der Waals surface area contributed by atoms with Gasteiger partial charge in [0.05, 0.1) is 16.2 Å². The summed E-state index contributed by atoms with van der Waals surface area (Å²) in [5.74, 6) is 0. The summed E-state index contributed by atoms with van der Waals surface area (Å²) in [5.41, 5.74) is 13.8. The van der Waals surface area contributed by atoms with Gasteiger partial charge >= 0.3 is 0 Å². The Kier molecular flexibility index (Phi) is 2.57. The predicted molar refractivity (Wildman–Crippen MR) is 68.5 cm³/mol. The molecule has 1 aliphatic rings. The molecular formula is C12H20N2OS. The summed E-state index contributed by atoms with van der Waals surface area (Å²) < 4.78 is 6.11. The summed E-state index contributed by atoms with van der Waals surface area (Å²) in [6.45, 7) is 8.95. The lowest BCUT2D eigenvalue weighted by Crippen LogP contribution is -2.41. The maximum Gasteiger partial charge on any atom is 0.0977 e. The van der Waals surface area contributed by atoms with E-state index in [1.807, 2.05) is 0 Å². The van der Waals surface area contributed by atoms with Gasteiger partial charge in [0.2, 0.25) is 0 Å². The van der Waals surface area contributed by atoms with Crippen molar-refractivity contribution in [3.8, 4) is 0 Å². The highest BCUT2D eigenvalue weighted by Crippen LogP contribution is 2.47. The van der Waals surface area contributed by atoms with Crippen molar-refractivity contribution in [3.05, 3.63) is 16.0 Å². The van der Waals surface area contributed by atoms with E-state index < -0.39 is 0 Å². The summed E-state index contributed by atoms with van der Waals surface area (Å²) >= 11 is 1.62. The molecule has 16 heavy (non-hydrogen) atoms. The molecule has 3 nitrogen and oxygen atoms in total. The van der Waals surface area contributed by atoms with E-state index in [2.05, 4.69) is 27.7 Å². The molecule has 0 spiro atoms. The van der Waals surface area contributed by atoms with Gasteiger partial charge < -0.3 is 16.2 Å². The molecule has 0 unspecified atom stereocenters. The van der Waals surface area contributed by atoms with Crippen molar-refractivity contribution < 1.29 is 4.74 Å². The van der Waals surface area contributed by atoms with Crippen molar-refractivity contribution in [2.24, 2.45) is 5.73 Å². The zero-order chi connectivity index (χ0) is 12.1. The van der Waals surface area contributed by atoms with Crippen molar-refractivity contribution in [2.45, 2.75) is 51.9 Å². The van der Waals surface area contributed by atoms with Gasteiger partial charge in [-0.25, -0.2) is 0 Å². The standard InChI is InChI=1S/C12H20N2OS/c1-11(2)5-7-8(6-13)10(14)16-9(7)12(3,4)15-11/h5-6,13-14H2,1-4H3. The van der Waals surface area contributed by atoms with Crippen LogP contribution >= 0.6 is 11.3 Å². The van der Waals surface area contributed by atoms with Crippen LogP contribution in [0.2, 0.25) is 0 Å². The normalized spacial score (nSPS) is 21.8. The fraction of sp³-hybridized carbons (Fsp3) is 0.667. The third kappa shape index (κ3) is 1.75. The third-order valence-corrected chi connectivity index (χ3v) is 4.44. The lowest BCUT2D eigenvalue weighted by Gasteiger charge is -2.41. The van der Waals surface area contributed by atoms with Gasteiger partial charge in [-0.15, -0.1) is 11.3 Å². The number of hydrogen-bond donors (Lipinski definition) is 2. The Bertz CT molecular complexity index is 421. The van der Waals surface area contributed by atoms with Gasteiger partial charge in [-0.3, -0.25) is 0 Å². The van der Waals surface area contributed by atoms with Gasteiger partial charge in [0.25, 0.3) is 0 Å². The minimum Gasteiger partial charge on any atom is -0.390 e. The van der Waals surface area contributed by atoms with Crippen LogP contribution in [0.1, 0.15) is 43.7 Å². The molecular weight excluding hydrogens is 220 g/mol. The number of anilines is 1. The average Bonchev–Trinajstić information content (AvgIpc) is 2.39. The zero-order valence-corrected chi connectivity index (χ0v) is 11.2. The van der Waals surface area contributed by atoms with Crippen LogP contribution in [0.3, 0.4) is 0 Å². The highest BCUT2D eigenvalue weighted by Gasteiger charge is 2.41. The van der Waals surface area contributed by atoms with Gasteiger partial charge in [-0.05, 0) is 33.3 Å². The molecule has 0 saturated heterocycles. The molecule has 0 bridgehead atoms. The van der Waals surface area contributed by atoms with E-state index in [0.717, 1.165) is 17.0 Å². The molecule has 1 aliphatic heterocycles. The molecule has 2 rings (SSSR count). The molecule has 1 aromatic heterocycles. The van der Waals surface area contributed by atoms with Crippen molar-refractivity contribution in [3.63, 3.8) is 0 Å². The Labute approximate surface area is 101 Å². The van der Waals surface area contributed by atoms with Crippen LogP contribution in [0.25, 0.3) is 0 Å². The van der Waals surface area contributed by atoms with Crippen molar-refractivity contribution in [2.75, 3.05) is 5.73 Å². The van der Waals surface area contributed by atoms with Gasteiger partial charge in [-0.2, -0.15) is 0 Å². The molecule has 4 N–H and O–H groups in total. The second-order valence-electron chi connectivity index (χ2n) is 5.51. The van der Waals surface area contributed by atoms with Crippen LogP contribution in [-0.2, 0) is 23.3 Å². The van der Waals surface area contributed by atoms with Crippen LogP contribution < -0.4 is 11.5 Å². The van der Waals surface area contributed by atoms with E-state index in [1.165, 1.54) is 10.4 Å². The first-order chi connectivity index (χ1) is 7.27. The van der Waals surface area contributed by atoms with Crippen molar-refractivity contribution in [1.82, 2.24) is 0 Å². The first-order valence-electron chi connectivity index (χ1n) is 5.57. The smallest absolute Gasteiger partial charge is 0.0977 e. The maximum absolute atomic E-state index is 6.11. The Morgan fingerprint density at radius 3 is 2.50 bits per heavy atom. The maximum atomic E-state index is 6.11. The van der Waals surface area contributed by atoms with Crippen molar-refractivity contribution in [1.29, 1.82) is 0 Å². The number of fused-ring (bicyclic) bond motifs is 1. The highest BCUT2D eigenvalue weighted by molar-refractivity contribution is 7.16. The molecule has 4 heteroatoms. The quantitative estimate of drug-likeness (QED) is 0.792. The lowest BCUT2D eigenvalue weighted by atomic mass is 9.86. The van der Waals surface area contributed by atoms with Crippen LogP contribution in [0.5, 0.6) is 0 Å². The first kappa shape index (κ1) is 11.9. The summed E-state index contributed by atoms with van der Waals surface area (Å²) in [7, 11) is 0. The second-order valence-corrected chi connectivity index (χ2v) is 6.56. The van der Waals surface area contributed by atoms with E-state index in [9.17, 15) is 0 Å². The molecule has 2 heterocycles. The van der Waals surface area contributed by atoms with Crippen LogP contribution in [0.4, 0.5) is 5.00 Å². The molecule has 90 valence electrons. The third-order valence-electron chi connectivity index (χ3n) is 3.03. The van der Waals surface area contributed by atoms with E-state index in [1.54, 1.807) is 11.3 Å². The van der Waals surface area contributed by atoms with Crippen LogP contribution in [0.15, 0.2) is 0 Å². The van der Waals surface area contributed by atoms with Crippen LogP contribution in [-0.4, -0.2) is 5.60 Å². The number of thiophene rings is 1. The minimum atomic E-state index is -0.261. The van der Waals surface area contributed by atoms with Crippen LogP contribution in [0, 0.1) is 0 Å². The number of nitrogen functional groups attached to an aromatic ring is 1. The summed E-state index contributed by atoms with van der Waals surface area (Å²) in [6, 6.07) is 0. The van der Waals surface area contributed by atoms with Gasteiger partial charge in [0.1, 0.15) is 0 Å². The highest BCUT2D eigenvalue weighted by atomic mass is 32.1. The molecule has 0 atom stereocenters. The van der Waals surface area contributed by atoms with E-state index in [0.29, 0.717) is 6.54 Å². The largest absolute Gasteiger partial charge is 0.390 e. The SMILES string of the molecule is CC1(C)Cc2c(sc(N)c2CN)C(C)(C)O1. The Balaban J connectivity index is 2.60. The number of rotatable bonds is 1. The van der Waals surface area contributed by atoms with Crippen molar-refractivity contribution >= 4 is 16.3 Å². The zero-order valence-electron chi connectivity index (χ0n) is 10.4. The lowest BCUT2D eigenvalue weighted by molar-refractivity contribution is -0.136. The van der Waals surface area contributed by atoms with E-state index in [-0.39, 0.29) is 11.2 Å². The summed E-state index contributed by atoms with van der Waals surface area (Å²) in [6.07, 6.45) is 0.895. The second kappa shape index (κ2) is 3.45. The van der Waals surface area contributed by atoms with Gasteiger partial charge in [-0.1, -0.05) is 0 Å². The molecule has 0 radical (unpaired) electrons.